The van der Waals surface area contributed by atoms with Crippen LogP contribution in [0.1, 0.15) is 66.6 Å². The number of hydrogen-bond donors (Lipinski definition) is 0. The normalized spacial score (nSPS) is 18.9. The highest BCUT2D eigenvalue weighted by Gasteiger charge is 2.53. The molecule has 3 heterocycles. The number of aromatic nitrogens is 1. The molecule has 1 aliphatic carbocycles. The van der Waals surface area contributed by atoms with Gasteiger partial charge in [-0.1, -0.05) is 41.9 Å². The minimum Gasteiger partial charge on any atom is -0.487 e. The first-order valence-electron chi connectivity index (χ1n) is 12.2. The van der Waals surface area contributed by atoms with Gasteiger partial charge >= 0.3 is 5.97 Å². The summed E-state index contributed by atoms with van der Waals surface area (Å²) in [5, 5.41) is 2.89. The zero-order valence-electron chi connectivity index (χ0n) is 19.6. The molecule has 3 aromatic rings. The predicted octanol–water partition coefficient (Wildman–Crippen LogP) is 5.63. The Balaban J connectivity index is 1.47. The van der Waals surface area contributed by atoms with E-state index in [0.29, 0.717) is 17.4 Å². The van der Waals surface area contributed by atoms with Gasteiger partial charge in [-0.3, -0.25) is 14.5 Å². The van der Waals surface area contributed by atoms with Gasteiger partial charge in [0.25, 0.3) is 0 Å². The van der Waals surface area contributed by atoms with Crippen molar-refractivity contribution in [2.24, 2.45) is 0 Å². The van der Waals surface area contributed by atoms with Crippen molar-refractivity contribution in [3.8, 4) is 17.0 Å². The van der Waals surface area contributed by atoms with Gasteiger partial charge in [-0.2, -0.15) is 0 Å². The third-order valence-electron chi connectivity index (χ3n) is 7.68. The number of hydrogen-bond acceptors (Lipinski definition) is 5. The fourth-order valence-electron chi connectivity index (χ4n) is 5.88. The summed E-state index contributed by atoms with van der Waals surface area (Å²) in [6.45, 7) is 2.39. The molecule has 2 aromatic carbocycles. The Morgan fingerprint density at radius 2 is 1.94 bits per heavy atom. The summed E-state index contributed by atoms with van der Waals surface area (Å²) in [4.78, 5) is 25.5. The second-order valence-corrected chi connectivity index (χ2v) is 10.0. The van der Waals surface area contributed by atoms with E-state index >= 15 is 0 Å². The molecule has 2 aliphatic heterocycles. The molecule has 1 saturated heterocycles. The minimum atomic E-state index is -0.584. The lowest BCUT2D eigenvalue weighted by Gasteiger charge is -2.52. The number of ether oxygens (including phenoxy) is 2. The largest absolute Gasteiger partial charge is 0.487 e. The van der Waals surface area contributed by atoms with Gasteiger partial charge in [0.05, 0.1) is 28.9 Å². The Bertz CT molecular complexity index is 1360. The van der Waals surface area contributed by atoms with Crippen LogP contribution in [0.4, 0.5) is 0 Å². The molecule has 6 rings (SSSR count). The summed E-state index contributed by atoms with van der Waals surface area (Å²) in [5.41, 5.74) is 3.61. The van der Waals surface area contributed by atoms with Crippen LogP contribution in [0.5, 0.6) is 5.75 Å². The Labute approximate surface area is 209 Å². The van der Waals surface area contributed by atoms with Crippen molar-refractivity contribution < 1.29 is 14.3 Å². The van der Waals surface area contributed by atoms with Gasteiger partial charge in [-0.05, 0) is 62.3 Å². The number of nitrogens with zero attached hydrogens (tertiary/aromatic N) is 2. The highest BCUT2D eigenvalue weighted by Crippen LogP contribution is 2.55. The standard InChI is InChI=1S/C28H27ClN2O4/c1-2-34-27(33)21-16-30-24(15-25(21)32)19-13-22(29)26(35-17-18-7-4-3-5-8-18)14-20(19)23-9-12-28(31(23)30)10-6-11-28/h3-5,7-8,13-16,23H,2,6,9-12,17H2,1H3/t23-/m1/s1. The number of halogens is 1. The maximum absolute atomic E-state index is 13.0. The lowest BCUT2D eigenvalue weighted by Crippen LogP contribution is -2.57. The van der Waals surface area contributed by atoms with Crippen LogP contribution in [-0.2, 0) is 11.3 Å². The van der Waals surface area contributed by atoms with Crippen molar-refractivity contribution in [2.45, 2.75) is 57.2 Å². The van der Waals surface area contributed by atoms with E-state index in [0.717, 1.165) is 48.1 Å². The first-order valence-corrected chi connectivity index (χ1v) is 12.6. The van der Waals surface area contributed by atoms with Gasteiger partial charge in [-0.25, -0.2) is 4.79 Å². The minimum absolute atomic E-state index is 0.0444. The molecule has 180 valence electrons. The van der Waals surface area contributed by atoms with E-state index in [1.807, 2.05) is 47.1 Å². The van der Waals surface area contributed by atoms with Crippen LogP contribution in [-0.4, -0.2) is 22.8 Å². The van der Waals surface area contributed by atoms with E-state index in [4.69, 9.17) is 21.1 Å². The number of rotatable bonds is 5. The van der Waals surface area contributed by atoms with Crippen LogP contribution >= 0.6 is 11.6 Å². The lowest BCUT2D eigenvalue weighted by molar-refractivity contribution is 0.0523. The Morgan fingerprint density at radius 1 is 1.14 bits per heavy atom. The fourth-order valence-corrected chi connectivity index (χ4v) is 6.10. The molecule has 0 unspecified atom stereocenters. The average Bonchev–Trinajstić information content (AvgIpc) is 3.25. The van der Waals surface area contributed by atoms with E-state index in [-0.39, 0.29) is 29.2 Å². The molecule has 3 aliphatic rings. The molecule has 1 spiro atoms. The van der Waals surface area contributed by atoms with Gasteiger partial charge in [0.1, 0.15) is 17.9 Å². The van der Waals surface area contributed by atoms with Crippen LogP contribution in [0.2, 0.25) is 5.02 Å². The summed E-state index contributed by atoms with van der Waals surface area (Å²) in [7, 11) is 0. The molecule has 1 saturated carbocycles. The lowest BCUT2D eigenvalue weighted by atomic mass is 9.75. The molecule has 35 heavy (non-hydrogen) atoms. The van der Waals surface area contributed by atoms with Gasteiger partial charge < -0.3 is 9.47 Å². The molecule has 0 amide bonds. The van der Waals surface area contributed by atoms with Gasteiger partial charge in [-0.15, -0.1) is 0 Å². The second kappa shape index (κ2) is 8.45. The van der Waals surface area contributed by atoms with Crippen molar-refractivity contribution in [2.75, 3.05) is 11.6 Å². The molecule has 0 radical (unpaired) electrons. The maximum atomic E-state index is 13.0. The number of carbonyl (C=O) groups excluding carboxylic acids is 1. The molecular weight excluding hydrogens is 464 g/mol. The molecule has 6 nitrogen and oxygen atoms in total. The van der Waals surface area contributed by atoms with Gasteiger partial charge in [0, 0.05) is 17.8 Å². The summed E-state index contributed by atoms with van der Waals surface area (Å²) >= 11 is 6.69. The fraction of sp³-hybridized carbons (Fsp3) is 0.357. The highest BCUT2D eigenvalue weighted by molar-refractivity contribution is 6.32. The van der Waals surface area contributed by atoms with E-state index in [1.54, 1.807) is 19.2 Å². The number of pyridine rings is 1. The first-order chi connectivity index (χ1) is 17.0. The van der Waals surface area contributed by atoms with Crippen LogP contribution in [0.3, 0.4) is 0 Å². The van der Waals surface area contributed by atoms with E-state index in [1.165, 1.54) is 6.42 Å². The third-order valence-corrected chi connectivity index (χ3v) is 7.98. The number of fused-ring (bicyclic) bond motifs is 7. The first kappa shape index (κ1) is 22.2. The number of carbonyl (C=O) groups is 1. The Kier molecular flexibility index (Phi) is 5.37. The smallest absolute Gasteiger partial charge is 0.343 e. The third kappa shape index (κ3) is 3.54. The summed E-state index contributed by atoms with van der Waals surface area (Å²) in [5.74, 6) is 0.0578. The molecule has 1 aromatic heterocycles. The zero-order chi connectivity index (χ0) is 24.2. The average molecular weight is 491 g/mol. The van der Waals surface area contributed by atoms with Crippen LogP contribution < -0.4 is 15.2 Å². The molecule has 0 bridgehead atoms. The highest BCUT2D eigenvalue weighted by atomic mass is 35.5. The van der Waals surface area contributed by atoms with E-state index in [2.05, 4.69) is 5.01 Å². The van der Waals surface area contributed by atoms with Crippen LogP contribution in [0.15, 0.2) is 59.5 Å². The van der Waals surface area contributed by atoms with E-state index in [9.17, 15) is 9.59 Å². The van der Waals surface area contributed by atoms with Crippen molar-refractivity contribution in [1.29, 1.82) is 0 Å². The van der Waals surface area contributed by atoms with Gasteiger partial charge in [0.2, 0.25) is 0 Å². The zero-order valence-corrected chi connectivity index (χ0v) is 20.4. The Morgan fingerprint density at radius 3 is 2.66 bits per heavy atom. The Hall–Kier alpha value is -3.25. The van der Waals surface area contributed by atoms with Crippen molar-refractivity contribution in [1.82, 2.24) is 4.68 Å². The summed E-state index contributed by atoms with van der Waals surface area (Å²) < 4.78 is 13.3. The van der Waals surface area contributed by atoms with Crippen molar-refractivity contribution in [3.05, 3.63) is 86.7 Å². The molecule has 7 heteroatoms. The monoisotopic (exact) mass is 490 g/mol. The molecule has 1 atom stereocenters. The van der Waals surface area contributed by atoms with Crippen molar-refractivity contribution in [3.63, 3.8) is 0 Å². The van der Waals surface area contributed by atoms with Crippen molar-refractivity contribution >= 4 is 17.6 Å². The quantitative estimate of drug-likeness (QED) is 0.433. The maximum Gasteiger partial charge on any atom is 0.343 e. The van der Waals surface area contributed by atoms with Crippen LogP contribution in [0, 0.1) is 0 Å². The molecular formula is C28H27ClN2O4. The van der Waals surface area contributed by atoms with Gasteiger partial charge in [0.15, 0.2) is 5.43 Å². The summed E-state index contributed by atoms with van der Waals surface area (Å²) in [6.07, 6.45) is 7.12. The second-order valence-electron chi connectivity index (χ2n) is 9.62. The molecule has 2 fully saturated rings. The predicted molar refractivity (Wildman–Crippen MR) is 135 cm³/mol. The number of esters is 1. The summed E-state index contributed by atoms with van der Waals surface area (Å²) in [6, 6.07) is 15.6. The SMILES string of the molecule is CCOC(=O)c1cn2c(cc1=O)-c1cc(Cl)c(OCc3ccccc3)cc1[C@H]1CCC3(CCC3)N12. The van der Waals surface area contributed by atoms with E-state index < -0.39 is 5.97 Å². The van der Waals surface area contributed by atoms with Crippen LogP contribution in [0.25, 0.3) is 11.3 Å². The molecule has 0 N–H and O–H groups in total. The number of benzene rings is 2. The topological polar surface area (TPSA) is 60.8 Å².